The summed E-state index contributed by atoms with van der Waals surface area (Å²) in [6, 6.07) is 9.80. The molecule has 0 unspecified atom stereocenters. The standard InChI is InChI=1S/C19H18N4O3S/c1-4-23-15-8-6-5-7-13(15)16-17(23)20-19(22-21-16)27-10-12-9-14(11(2)26-12)18(24)25-3/h5-9H,4,10H2,1-3H3. The van der Waals surface area contributed by atoms with Crippen LogP contribution in [0, 0.1) is 6.92 Å². The van der Waals surface area contributed by atoms with Crippen LogP contribution in [-0.2, 0) is 17.0 Å². The minimum Gasteiger partial charge on any atom is -0.465 e. The van der Waals surface area contributed by atoms with E-state index in [4.69, 9.17) is 14.1 Å². The van der Waals surface area contributed by atoms with E-state index in [1.165, 1.54) is 18.9 Å². The minimum absolute atomic E-state index is 0.403. The van der Waals surface area contributed by atoms with Crippen molar-refractivity contribution in [2.24, 2.45) is 0 Å². The average molecular weight is 382 g/mol. The summed E-state index contributed by atoms with van der Waals surface area (Å²) in [7, 11) is 1.35. The third-order valence-corrected chi connectivity index (χ3v) is 5.25. The van der Waals surface area contributed by atoms with Gasteiger partial charge in [0.05, 0.1) is 18.4 Å². The van der Waals surface area contributed by atoms with E-state index in [-0.39, 0.29) is 0 Å². The van der Waals surface area contributed by atoms with E-state index in [0.29, 0.717) is 28.0 Å². The van der Waals surface area contributed by atoms with Crippen LogP contribution >= 0.6 is 11.8 Å². The van der Waals surface area contributed by atoms with Gasteiger partial charge in [0.2, 0.25) is 5.16 Å². The number of hydrogen-bond donors (Lipinski definition) is 0. The lowest BCUT2D eigenvalue weighted by atomic mass is 10.2. The Hall–Kier alpha value is -2.87. The van der Waals surface area contributed by atoms with Crippen LogP contribution in [0.2, 0.25) is 0 Å². The number of esters is 1. The molecule has 0 atom stereocenters. The number of hydrogen-bond acceptors (Lipinski definition) is 7. The van der Waals surface area contributed by atoms with Gasteiger partial charge in [0.25, 0.3) is 0 Å². The van der Waals surface area contributed by atoms with Crippen molar-refractivity contribution in [3.05, 3.63) is 47.4 Å². The highest BCUT2D eigenvalue weighted by Gasteiger charge is 2.17. The Morgan fingerprint density at radius 2 is 2.11 bits per heavy atom. The van der Waals surface area contributed by atoms with Crippen molar-refractivity contribution in [1.82, 2.24) is 19.7 Å². The van der Waals surface area contributed by atoms with Gasteiger partial charge in [-0.15, -0.1) is 10.2 Å². The Morgan fingerprint density at radius 3 is 2.89 bits per heavy atom. The summed E-state index contributed by atoms with van der Waals surface area (Å²) in [5.41, 5.74) is 3.16. The van der Waals surface area contributed by atoms with Crippen molar-refractivity contribution in [2.45, 2.75) is 31.3 Å². The molecule has 0 fully saturated rings. The van der Waals surface area contributed by atoms with Crippen LogP contribution in [0.15, 0.2) is 39.9 Å². The SMILES string of the molecule is CCn1c2ccccc2c2nnc(SCc3cc(C(=O)OC)c(C)o3)nc21. The highest BCUT2D eigenvalue weighted by molar-refractivity contribution is 7.98. The molecule has 0 amide bonds. The third kappa shape index (κ3) is 3.06. The fraction of sp³-hybridized carbons (Fsp3) is 0.263. The van der Waals surface area contributed by atoms with Crippen molar-refractivity contribution in [2.75, 3.05) is 7.11 Å². The van der Waals surface area contributed by atoms with Crippen LogP contribution in [0.3, 0.4) is 0 Å². The number of aromatic nitrogens is 4. The molecule has 0 saturated carbocycles. The van der Waals surface area contributed by atoms with Gasteiger partial charge in [0.15, 0.2) is 5.65 Å². The van der Waals surface area contributed by atoms with E-state index in [1.807, 2.05) is 18.2 Å². The largest absolute Gasteiger partial charge is 0.465 e. The Balaban J connectivity index is 1.63. The number of ether oxygens (including phenoxy) is 1. The molecule has 3 aromatic heterocycles. The first-order valence-corrected chi connectivity index (χ1v) is 9.53. The molecule has 0 spiro atoms. The molecular weight excluding hydrogens is 364 g/mol. The van der Waals surface area contributed by atoms with Crippen molar-refractivity contribution in [3.8, 4) is 0 Å². The van der Waals surface area contributed by atoms with Crippen LogP contribution in [0.5, 0.6) is 0 Å². The van der Waals surface area contributed by atoms with Gasteiger partial charge in [-0.3, -0.25) is 0 Å². The first kappa shape index (κ1) is 17.5. The van der Waals surface area contributed by atoms with Crippen molar-refractivity contribution in [3.63, 3.8) is 0 Å². The van der Waals surface area contributed by atoms with Gasteiger partial charge in [-0.05, 0) is 26.0 Å². The van der Waals surface area contributed by atoms with E-state index in [1.54, 1.807) is 13.0 Å². The lowest BCUT2D eigenvalue weighted by Gasteiger charge is -2.02. The predicted octanol–water partition coefficient (Wildman–Crippen LogP) is 3.98. The van der Waals surface area contributed by atoms with Crippen LogP contribution in [0.25, 0.3) is 22.1 Å². The molecule has 0 aliphatic rings. The summed E-state index contributed by atoms with van der Waals surface area (Å²) in [6.07, 6.45) is 0. The number of nitrogens with zero attached hydrogens (tertiary/aromatic N) is 4. The summed E-state index contributed by atoms with van der Waals surface area (Å²) in [5, 5.41) is 10.3. The molecule has 7 nitrogen and oxygen atoms in total. The second kappa shape index (κ2) is 7.03. The second-order valence-corrected chi connectivity index (χ2v) is 6.93. The minimum atomic E-state index is -0.403. The van der Waals surface area contributed by atoms with Gasteiger partial charge >= 0.3 is 5.97 Å². The lowest BCUT2D eigenvalue weighted by Crippen LogP contribution is -2.00. The van der Waals surface area contributed by atoms with Crippen LogP contribution < -0.4 is 0 Å². The fourth-order valence-electron chi connectivity index (χ4n) is 3.13. The summed E-state index contributed by atoms with van der Waals surface area (Å²) in [5.74, 6) is 1.30. The molecule has 0 aliphatic carbocycles. The number of carbonyl (C=O) groups is 1. The topological polar surface area (TPSA) is 83.0 Å². The summed E-state index contributed by atoms with van der Waals surface area (Å²) < 4.78 is 12.5. The van der Waals surface area contributed by atoms with E-state index < -0.39 is 5.97 Å². The van der Waals surface area contributed by atoms with Gasteiger partial charge in [-0.2, -0.15) is 0 Å². The molecule has 0 radical (unpaired) electrons. The number of thioether (sulfide) groups is 1. The van der Waals surface area contributed by atoms with Crippen LogP contribution in [-0.4, -0.2) is 32.8 Å². The molecule has 4 aromatic rings. The number of furan rings is 1. The average Bonchev–Trinajstić information content (AvgIpc) is 3.22. The fourth-order valence-corrected chi connectivity index (χ4v) is 3.80. The Kier molecular flexibility index (Phi) is 4.57. The first-order valence-electron chi connectivity index (χ1n) is 8.54. The van der Waals surface area contributed by atoms with Gasteiger partial charge in [-0.1, -0.05) is 30.0 Å². The molecule has 138 valence electrons. The number of methoxy groups -OCH3 is 1. The number of carbonyl (C=O) groups excluding carboxylic acids is 1. The van der Waals surface area contributed by atoms with Gasteiger partial charge < -0.3 is 13.7 Å². The molecular formula is C19H18N4O3S. The smallest absolute Gasteiger partial charge is 0.341 e. The van der Waals surface area contributed by atoms with Gasteiger partial charge in [-0.25, -0.2) is 9.78 Å². The molecule has 27 heavy (non-hydrogen) atoms. The third-order valence-electron chi connectivity index (χ3n) is 4.39. The number of fused-ring (bicyclic) bond motifs is 3. The molecule has 1 aromatic carbocycles. The Bertz CT molecular complexity index is 1150. The van der Waals surface area contributed by atoms with E-state index >= 15 is 0 Å². The maximum Gasteiger partial charge on any atom is 0.341 e. The molecule has 4 rings (SSSR count). The zero-order valence-electron chi connectivity index (χ0n) is 15.2. The molecule has 0 bridgehead atoms. The molecule has 8 heteroatoms. The van der Waals surface area contributed by atoms with Crippen molar-refractivity contribution < 1.29 is 13.9 Å². The van der Waals surface area contributed by atoms with Crippen LogP contribution in [0.4, 0.5) is 0 Å². The van der Waals surface area contributed by atoms with Crippen LogP contribution in [0.1, 0.15) is 28.8 Å². The summed E-state index contributed by atoms with van der Waals surface area (Å²) >= 11 is 1.41. The van der Waals surface area contributed by atoms with Crippen molar-refractivity contribution in [1.29, 1.82) is 0 Å². The molecule has 0 aliphatic heterocycles. The number of aryl methyl sites for hydroxylation is 2. The van der Waals surface area contributed by atoms with Gasteiger partial charge in [0, 0.05) is 11.9 Å². The van der Waals surface area contributed by atoms with E-state index in [9.17, 15) is 4.79 Å². The highest BCUT2D eigenvalue weighted by atomic mass is 32.2. The summed E-state index contributed by atoms with van der Waals surface area (Å²) in [6.45, 7) is 4.62. The number of benzene rings is 1. The highest BCUT2D eigenvalue weighted by Crippen LogP contribution is 2.28. The Morgan fingerprint density at radius 1 is 1.30 bits per heavy atom. The molecule has 0 N–H and O–H groups in total. The zero-order valence-corrected chi connectivity index (χ0v) is 16.0. The van der Waals surface area contributed by atoms with E-state index in [0.717, 1.165) is 28.6 Å². The maximum absolute atomic E-state index is 11.7. The van der Waals surface area contributed by atoms with E-state index in [2.05, 4.69) is 27.8 Å². The molecule has 0 saturated heterocycles. The van der Waals surface area contributed by atoms with Gasteiger partial charge in [0.1, 0.15) is 22.6 Å². The zero-order chi connectivity index (χ0) is 19.0. The first-order chi connectivity index (χ1) is 13.1. The Labute approximate surface area is 159 Å². The maximum atomic E-state index is 11.7. The van der Waals surface area contributed by atoms with Crippen molar-refractivity contribution >= 4 is 39.8 Å². The predicted molar refractivity (Wildman–Crippen MR) is 103 cm³/mol. The normalized spacial score (nSPS) is 11.4. The monoisotopic (exact) mass is 382 g/mol. The second-order valence-electron chi connectivity index (χ2n) is 5.99. The molecule has 3 heterocycles. The number of rotatable bonds is 5. The lowest BCUT2D eigenvalue weighted by molar-refractivity contribution is 0.0599. The quantitative estimate of drug-likeness (QED) is 0.381. The number of para-hydroxylation sites is 1. The summed E-state index contributed by atoms with van der Waals surface area (Å²) in [4.78, 5) is 16.4.